The molecule has 1 aliphatic rings. The Balaban J connectivity index is 1.81. The molecule has 2 unspecified atom stereocenters. The topological polar surface area (TPSA) is 27.8 Å². The van der Waals surface area contributed by atoms with Gasteiger partial charge >= 0.3 is 0 Å². The Morgan fingerprint density at radius 3 is 3.06 bits per heavy atom. The second-order valence-corrected chi connectivity index (χ2v) is 5.14. The number of halogens is 1. The normalized spacial score (nSPS) is 23.9. The van der Waals surface area contributed by atoms with E-state index in [9.17, 15) is 0 Å². The van der Waals surface area contributed by atoms with Crippen LogP contribution in [0.25, 0.3) is 10.9 Å². The molecular weight excluding hydrogens is 220 g/mol. The Hall–Kier alpha value is -0.990. The minimum absolute atomic E-state index is 0.720. The van der Waals surface area contributed by atoms with Crippen molar-refractivity contribution in [2.24, 2.45) is 5.92 Å². The third kappa shape index (κ3) is 1.83. The van der Waals surface area contributed by atoms with Crippen LogP contribution in [0.3, 0.4) is 0 Å². The smallest absolute Gasteiger partial charge is 0.0472 e. The molecule has 0 bridgehead atoms. The predicted molar refractivity (Wildman–Crippen MR) is 67.7 cm³/mol. The van der Waals surface area contributed by atoms with E-state index in [2.05, 4.69) is 29.5 Å². The Kier molecular flexibility index (Phi) is 2.41. The highest BCUT2D eigenvalue weighted by atomic mass is 35.5. The van der Waals surface area contributed by atoms with Crippen molar-refractivity contribution in [3.63, 3.8) is 0 Å². The van der Waals surface area contributed by atoms with Gasteiger partial charge in [-0.2, -0.15) is 0 Å². The minimum atomic E-state index is 0.720. The van der Waals surface area contributed by atoms with Gasteiger partial charge in [0.15, 0.2) is 0 Å². The number of aromatic nitrogens is 1. The lowest BCUT2D eigenvalue weighted by Gasteiger charge is -2.01. The van der Waals surface area contributed by atoms with E-state index in [0.29, 0.717) is 0 Å². The Bertz CT molecular complexity index is 518. The van der Waals surface area contributed by atoms with Gasteiger partial charge in [0.05, 0.1) is 0 Å². The average Bonchev–Trinajstić information content (AvgIpc) is 2.83. The van der Waals surface area contributed by atoms with E-state index in [1.807, 2.05) is 12.1 Å². The highest BCUT2D eigenvalue weighted by molar-refractivity contribution is 6.31. The molecule has 2 atom stereocenters. The van der Waals surface area contributed by atoms with E-state index >= 15 is 0 Å². The maximum atomic E-state index is 5.95. The van der Waals surface area contributed by atoms with Crippen LogP contribution in [-0.2, 0) is 6.54 Å². The summed E-state index contributed by atoms with van der Waals surface area (Å²) in [5, 5.41) is 5.61. The number of nitrogens with one attached hydrogen (secondary N) is 2. The first-order valence-corrected chi connectivity index (χ1v) is 6.11. The molecule has 0 spiro atoms. The number of H-pyrrole nitrogens is 1. The molecule has 1 aromatic carbocycles. The molecular formula is C13H15ClN2. The molecule has 0 aliphatic heterocycles. The van der Waals surface area contributed by atoms with Gasteiger partial charge in [0.2, 0.25) is 0 Å². The van der Waals surface area contributed by atoms with Crippen molar-refractivity contribution in [2.45, 2.75) is 25.9 Å². The first-order chi connectivity index (χ1) is 7.74. The summed E-state index contributed by atoms with van der Waals surface area (Å²) in [6.45, 7) is 3.23. The first-order valence-electron chi connectivity index (χ1n) is 5.73. The molecule has 16 heavy (non-hydrogen) atoms. The summed E-state index contributed by atoms with van der Waals surface area (Å²) in [6, 6.07) is 6.72. The van der Waals surface area contributed by atoms with E-state index in [0.717, 1.165) is 29.0 Å². The summed E-state index contributed by atoms with van der Waals surface area (Å²) in [6.07, 6.45) is 3.38. The van der Waals surface area contributed by atoms with Crippen molar-refractivity contribution < 1.29 is 0 Å². The quantitative estimate of drug-likeness (QED) is 0.838. The fourth-order valence-electron chi connectivity index (χ4n) is 2.15. The lowest BCUT2D eigenvalue weighted by atomic mass is 10.2. The van der Waals surface area contributed by atoms with Crippen molar-refractivity contribution in [1.82, 2.24) is 10.3 Å². The summed E-state index contributed by atoms with van der Waals surface area (Å²) in [5.41, 5.74) is 2.44. The van der Waals surface area contributed by atoms with E-state index in [-0.39, 0.29) is 0 Å². The van der Waals surface area contributed by atoms with Gasteiger partial charge in [0.1, 0.15) is 0 Å². The van der Waals surface area contributed by atoms with Gasteiger partial charge in [-0.05, 0) is 30.0 Å². The van der Waals surface area contributed by atoms with Crippen LogP contribution in [-0.4, -0.2) is 11.0 Å². The Labute approximate surface area is 100.0 Å². The number of rotatable bonds is 3. The molecule has 2 nitrogen and oxygen atoms in total. The van der Waals surface area contributed by atoms with Gasteiger partial charge in [0.25, 0.3) is 0 Å². The third-order valence-corrected chi connectivity index (χ3v) is 3.63. The number of hydrogen-bond acceptors (Lipinski definition) is 1. The fourth-order valence-corrected chi connectivity index (χ4v) is 2.32. The van der Waals surface area contributed by atoms with Gasteiger partial charge in [0, 0.05) is 34.7 Å². The molecule has 0 amide bonds. The van der Waals surface area contributed by atoms with E-state index in [4.69, 9.17) is 11.6 Å². The third-order valence-electron chi connectivity index (χ3n) is 3.39. The van der Waals surface area contributed by atoms with Crippen LogP contribution in [0, 0.1) is 5.92 Å². The summed E-state index contributed by atoms with van der Waals surface area (Å²) >= 11 is 5.95. The highest BCUT2D eigenvalue weighted by Gasteiger charge is 2.31. The van der Waals surface area contributed by atoms with E-state index in [1.165, 1.54) is 17.4 Å². The van der Waals surface area contributed by atoms with Gasteiger partial charge < -0.3 is 10.3 Å². The maximum Gasteiger partial charge on any atom is 0.0472 e. The Morgan fingerprint density at radius 2 is 2.31 bits per heavy atom. The molecule has 3 heteroatoms. The number of benzene rings is 1. The predicted octanol–water partition coefficient (Wildman–Crippen LogP) is 3.32. The molecule has 1 aliphatic carbocycles. The molecule has 84 valence electrons. The zero-order chi connectivity index (χ0) is 11.1. The number of fused-ring (bicyclic) bond motifs is 1. The van der Waals surface area contributed by atoms with Crippen LogP contribution in [0.2, 0.25) is 5.02 Å². The van der Waals surface area contributed by atoms with E-state index in [1.54, 1.807) is 0 Å². The summed E-state index contributed by atoms with van der Waals surface area (Å²) in [5.74, 6) is 0.847. The Morgan fingerprint density at radius 1 is 1.50 bits per heavy atom. The largest absolute Gasteiger partial charge is 0.361 e. The van der Waals surface area contributed by atoms with Gasteiger partial charge in [-0.1, -0.05) is 24.6 Å². The monoisotopic (exact) mass is 234 g/mol. The zero-order valence-electron chi connectivity index (χ0n) is 9.26. The van der Waals surface area contributed by atoms with Crippen LogP contribution in [0.5, 0.6) is 0 Å². The van der Waals surface area contributed by atoms with Crippen molar-refractivity contribution in [1.29, 1.82) is 0 Å². The lowest BCUT2D eigenvalue weighted by Crippen LogP contribution is -2.16. The fraction of sp³-hybridized carbons (Fsp3) is 0.385. The van der Waals surface area contributed by atoms with Gasteiger partial charge in [-0.25, -0.2) is 0 Å². The molecule has 0 saturated heterocycles. The maximum absolute atomic E-state index is 5.95. The first kappa shape index (κ1) is 10.2. The average molecular weight is 235 g/mol. The van der Waals surface area contributed by atoms with Gasteiger partial charge in [-0.3, -0.25) is 0 Å². The molecule has 1 fully saturated rings. The SMILES string of the molecule is CC1CC1NCc1c[nH]c2cc(Cl)ccc12. The zero-order valence-corrected chi connectivity index (χ0v) is 10.0. The van der Waals surface area contributed by atoms with E-state index < -0.39 is 0 Å². The molecule has 3 rings (SSSR count). The molecule has 1 aromatic heterocycles. The molecule has 2 N–H and O–H groups in total. The van der Waals surface area contributed by atoms with Crippen molar-refractivity contribution in [3.05, 3.63) is 35.0 Å². The summed E-state index contributed by atoms with van der Waals surface area (Å²) in [4.78, 5) is 3.26. The minimum Gasteiger partial charge on any atom is -0.361 e. The van der Waals surface area contributed by atoms with Crippen LogP contribution >= 0.6 is 11.6 Å². The van der Waals surface area contributed by atoms with Crippen molar-refractivity contribution in [2.75, 3.05) is 0 Å². The second-order valence-electron chi connectivity index (χ2n) is 4.70. The van der Waals surface area contributed by atoms with Crippen LogP contribution < -0.4 is 5.32 Å². The van der Waals surface area contributed by atoms with Gasteiger partial charge in [-0.15, -0.1) is 0 Å². The lowest BCUT2D eigenvalue weighted by molar-refractivity contribution is 0.655. The van der Waals surface area contributed by atoms with Crippen LogP contribution in [0.15, 0.2) is 24.4 Å². The van der Waals surface area contributed by atoms with Crippen LogP contribution in [0.4, 0.5) is 0 Å². The molecule has 1 saturated carbocycles. The molecule has 1 heterocycles. The summed E-state index contributed by atoms with van der Waals surface area (Å²) < 4.78 is 0. The van der Waals surface area contributed by atoms with Crippen molar-refractivity contribution in [3.8, 4) is 0 Å². The number of hydrogen-bond donors (Lipinski definition) is 2. The number of aromatic amines is 1. The standard InChI is InChI=1S/C13H15ClN2/c1-8-4-12(8)15-6-9-7-16-13-5-10(14)2-3-11(9)13/h2-3,5,7-8,12,15-16H,4,6H2,1H3. The van der Waals surface area contributed by atoms with Crippen LogP contribution in [0.1, 0.15) is 18.9 Å². The van der Waals surface area contributed by atoms with Crippen molar-refractivity contribution >= 4 is 22.5 Å². The summed E-state index contributed by atoms with van der Waals surface area (Å²) in [7, 11) is 0. The highest BCUT2D eigenvalue weighted by Crippen LogP contribution is 2.30. The molecule has 2 aromatic rings. The molecule has 0 radical (unpaired) electrons. The second kappa shape index (κ2) is 3.79.